The van der Waals surface area contributed by atoms with Crippen LogP contribution < -0.4 is 5.73 Å². The van der Waals surface area contributed by atoms with Crippen LogP contribution >= 0.6 is 11.3 Å². The zero-order valence-electron chi connectivity index (χ0n) is 14.6. The van der Waals surface area contributed by atoms with E-state index in [-0.39, 0.29) is 17.0 Å². The van der Waals surface area contributed by atoms with Crippen LogP contribution in [0.5, 0.6) is 0 Å². The number of rotatable bonds is 3. The summed E-state index contributed by atoms with van der Waals surface area (Å²) in [7, 11) is 0. The normalized spacial score (nSPS) is 16.3. The fourth-order valence-electron chi connectivity index (χ4n) is 3.71. The van der Waals surface area contributed by atoms with E-state index in [2.05, 4.69) is 22.1 Å². The van der Waals surface area contributed by atoms with E-state index < -0.39 is 5.82 Å². The van der Waals surface area contributed by atoms with Crippen molar-refractivity contribution in [1.82, 2.24) is 14.9 Å². The number of hydrogen-bond donors (Lipinski definition) is 1. The number of nitrogens with two attached hydrogens (primary N) is 1. The molecule has 1 aromatic carbocycles. The van der Waals surface area contributed by atoms with Crippen LogP contribution in [0.15, 0.2) is 54.0 Å². The number of nitrogen functional groups attached to an aromatic ring is 1. The van der Waals surface area contributed by atoms with Crippen LogP contribution in [0.1, 0.15) is 34.6 Å². The third-order valence-electron chi connectivity index (χ3n) is 5.19. The molecule has 7 heteroatoms. The SMILES string of the molecule is Nc1nc(C2(c3ccccc3)CCN(C(=O)c3ccc(F)cn3)CC2)cs1. The number of carbonyl (C=O) groups is 1. The zero-order chi connectivity index (χ0) is 18.9. The molecule has 3 aromatic rings. The van der Waals surface area contributed by atoms with Gasteiger partial charge in [0.05, 0.1) is 11.9 Å². The summed E-state index contributed by atoms with van der Waals surface area (Å²) in [6, 6.07) is 12.9. The van der Waals surface area contributed by atoms with E-state index in [1.165, 1.54) is 29.0 Å². The Hall–Kier alpha value is -2.80. The minimum atomic E-state index is -0.450. The van der Waals surface area contributed by atoms with Gasteiger partial charge in [0, 0.05) is 23.9 Å². The van der Waals surface area contributed by atoms with Gasteiger partial charge in [-0.2, -0.15) is 0 Å². The Balaban J connectivity index is 1.60. The molecule has 2 aromatic heterocycles. The Labute approximate surface area is 160 Å². The van der Waals surface area contributed by atoms with Gasteiger partial charge in [-0.1, -0.05) is 30.3 Å². The molecule has 3 heterocycles. The standard InChI is InChI=1S/C20H19FN4OS/c21-15-6-7-16(23-12-15)18(26)25-10-8-20(9-11-25,14-4-2-1-3-5-14)17-13-27-19(22)24-17/h1-7,12-13H,8-11H2,(H2,22,24). The molecule has 1 saturated heterocycles. The maximum atomic E-state index is 13.1. The number of hydrogen-bond acceptors (Lipinski definition) is 5. The number of halogens is 1. The maximum absolute atomic E-state index is 13.1. The topological polar surface area (TPSA) is 72.1 Å². The number of carbonyl (C=O) groups excluding carboxylic acids is 1. The molecule has 0 atom stereocenters. The minimum Gasteiger partial charge on any atom is -0.375 e. The summed E-state index contributed by atoms with van der Waals surface area (Å²) in [5.41, 5.74) is 8.04. The van der Waals surface area contributed by atoms with Crippen molar-refractivity contribution in [1.29, 1.82) is 0 Å². The van der Waals surface area contributed by atoms with Gasteiger partial charge in [-0.3, -0.25) is 4.79 Å². The van der Waals surface area contributed by atoms with Crippen molar-refractivity contribution in [3.05, 3.63) is 76.8 Å². The summed E-state index contributed by atoms with van der Waals surface area (Å²) in [4.78, 5) is 23.0. The molecular weight excluding hydrogens is 363 g/mol. The molecule has 1 amide bonds. The number of amides is 1. The molecule has 0 spiro atoms. The molecular formula is C20H19FN4OS. The highest BCUT2D eigenvalue weighted by Gasteiger charge is 2.41. The lowest BCUT2D eigenvalue weighted by Gasteiger charge is -2.41. The predicted molar refractivity (Wildman–Crippen MR) is 103 cm³/mol. The fraction of sp³-hybridized carbons (Fsp3) is 0.250. The van der Waals surface area contributed by atoms with Crippen molar-refractivity contribution in [2.45, 2.75) is 18.3 Å². The lowest BCUT2D eigenvalue weighted by molar-refractivity contribution is 0.0678. The monoisotopic (exact) mass is 382 g/mol. The van der Waals surface area contributed by atoms with E-state index in [1.807, 2.05) is 23.6 Å². The first-order chi connectivity index (χ1) is 13.1. The van der Waals surface area contributed by atoms with Gasteiger partial charge >= 0.3 is 0 Å². The lowest BCUT2D eigenvalue weighted by Crippen LogP contribution is -2.46. The molecule has 138 valence electrons. The zero-order valence-corrected chi connectivity index (χ0v) is 15.5. The van der Waals surface area contributed by atoms with Crippen LogP contribution in [0.4, 0.5) is 9.52 Å². The number of thiazole rings is 1. The van der Waals surface area contributed by atoms with Crippen molar-refractivity contribution in [2.24, 2.45) is 0 Å². The smallest absolute Gasteiger partial charge is 0.272 e. The third kappa shape index (κ3) is 3.30. The summed E-state index contributed by atoms with van der Waals surface area (Å²) in [6.07, 6.45) is 2.56. The van der Waals surface area contributed by atoms with Gasteiger partial charge in [0.15, 0.2) is 5.13 Å². The molecule has 5 nitrogen and oxygen atoms in total. The summed E-state index contributed by atoms with van der Waals surface area (Å²) < 4.78 is 13.1. The highest BCUT2D eigenvalue weighted by molar-refractivity contribution is 7.13. The van der Waals surface area contributed by atoms with E-state index >= 15 is 0 Å². The Morgan fingerprint density at radius 1 is 1.15 bits per heavy atom. The first-order valence-corrected chi connectivity index (χ1v) is 9.64. The molecule has 1 aliphatic rings. The first-order valence-electron chi connectivity index (χ1n) is 8.76. The van der Waals surface area contributed by atoms with Crippen molar-refractivity contribution in [3.8, 4) is 0 Å². The largest absolute Gasteiger partial charge is 0.375 e. The Morgan fingerprint density at radius 3 is 2.48 bits per heavy atom. The van der Waals surface area contributed by atoms with Gasteiger partial charge in [-0.05, 0) is 30.5 Å². The second-order valence-corrected chi connectivity index (χ2v) is 7.56. The average Bonchev–Trinajstić information content (AvgIpc) is 3.16. The van der Waals surface area contributed by atoms with Crippen LogP contribution in [0.25, 0.3) is 0 Å². The summed E-state index contributed by atoms with van der Waals surface area (Å²) in [5.74, 6) is -0.621. The Bertz CT molecular complexity index is 934. The van der Waals surface area contributed by atoms with E-state index in [4.69, 9.17) is 5.73 Å². The molecule has 1 aliphatic heterocycles. The number of piperidine rings is 1. The maximum Gasteiger partial charge on any atom is 0.272 e. The fourth-order valence-corrected chi connectivity index (χ4v) is 4.37. The first kappa shape index (κ1) is 17.6. The van der Waals surface area contributed by atoms with Crippen LogP contribution in [0.3, 0.4) is 0 Å². The van der Waals surface area contributed by atoms with E-state index in [1.54, 1.807) is 4.90 Å². The number of benzene rings is 1. The number of anilines is 1. The summed E-state index contributed by atoms with van der Waals surface area (Å²) in [6.45, 7) is 1.15. The molecule has 0 saturated carbocycles. The number of aromatic nitrogens is 2. The molecule has 0 bridgehead atoms. The lowest BCUT2D eigenvalue weighted by atomic mass is 9.70. The number of nitrogens with zero attached hydrogens (tertiary/aromatic N) is 3. The Kier molecular flexibility index (Phi) is 4.61. The van der Waals surface area contributed by atoms with Crippen molar-refractivity contribution in [3.63, 3.8) is 0 Å². The van der Waals surface area contributed by atoms with Crippen molar-refractivity contribution < 1.29 is 9.18 Å². The summed E-state index contributed by atoms with van der Waals surface area (Å²) >= 11 is 1.44. The average molecular weight is 382 g/mol. The van der Waals surface area contributed by atoms with Gasteiger partial charge in [-0.25, -0.2) is 14.4 Å². The van der Waals surface area contributed by atoms with E-state index in [9.17, 15) is 9.18 Å². The molecule has 1 fully saturated rings. The summed E-state index contributed by atoms with van der Waals surface area (Å²) in [5, 5.41) is 2.57. The second-order valence-electron chi connectivity index (χ2n) is 6.67. The molecule has 0 aliphatic carbocycles. The van der Waals surface area contributed by atoms with Crippen LogP contribution in [-0.2, 0) is 5.41 Å². The van der Waals surface area contributed by atoms with Crippen LogP contribution in [0, 0.1) is 5.82 Å². The van der Waals surface area contributed by atoms with E-state index in [0.29, 0.717) is 18.2 Å². The minimum absolute atomic E-state index is 0.172. The molecule has 4 rings (SSSR count). The molecule has 27 heavy (non-hydrogen) atoms. The number of pyridine rings is 1. The van der Waals surface area contributed by atoms with Gasteiger partial charge in [0.2, 0.25) is 0 Å². The van der Waals surface area contributed by atoms with Gasteiger partial charge in [-0.15, -0.1) is 11.3 Å². The molecule has 0 unspecified atom stereocenters. The third-order valence-corrected chi connectivity index (χ3v) is 5.86. The predicted octanol–water partition coefficient (Wildman–Crippen LogP) is 3.48. The van der Waals surface area contributed by atoms with Gasteiger partial charge < -0.3 is 10.6 Å². The number of likely N-dealkylation sites (tertiary alicyclic amines) is 1. The van der Waals surface area contributed by atoms with Gasteiger partial charge in [0.1, 0.15) is 11.5 Å². The molecule has 0 radical (unpaired) electrons. The quantitative estimate of drug-likeness (QED) is 0.753. The van der Waals surface area contributed by atoms with Gasteiger partial charge in [0.25, 0.3) is 5.91 Å². The van der Waals surface area contributed by atoms with Crippen LogP contribution in [0.2, 0.25) is 0 Å². The highest BCUT2D eigenvalue weighted by Crippen LogP contribution is 2.42. The van der Waals surface area contributed by atoms with Crippen molar-refractivity contribution >= 4 is 22.4 Å². The second kappa shape index (κ2) is 7.08. The van der Waals surface area contributed by atoms with Crippen molar-refractivity contribution in [2.75, 3.05) is 18.8 Å². The highest BCUT2D eigenvalue weighted by atomic mass is 32.1. The van der Waals surface area contributed by atoms with Crippen LogP contribution in [-0.4, -0.2) is 33.9 Å². The van der Waals surface area contributed by atoms with E-state index in [0.717, 1.165) is 24.7 Å². The molecule has 2 N–H and O–H groups in total. The Morgan fingerprint density at radius 2 is 1.89 bits per heavy atom.